The number of aliphatic imine (C=N–C) groups is 1. The summed E-state index contributed by atoms with van der Waals surface area (Å²) in [5.41, 5.74) is 0.988. The molecule has 2 atom stereocenters. The van der Waals surface area contributed by atoms with Crippen molar-refractivity contribution >= 4 is 5.96 Å². The van der Waals surface area contributed by atoms with Gasteiger partial charge in [0.05, 0.1) is 26.4 Å². The van der Waals surface area contributed by atoms with Gasteiger partial charge in [0.15, 0.2) is 17.5 Å². The van der Waals surface area contributed by atoms with E-state index in [0.717, 1.165) is 30.2 Å². The van der Waals surface area contributed by atoms with Gasteiger partial charge >= 0.3 is 0 Å². The largest absolute Gasteiger partial charge is 0.493 e. The highest BCUT2D eigenvalue weighted by molar-refractivity contribution is 5.80. The summed E-state index contributed by atoms with van der Waals surface area (Å²) >= 11 is 0. The lowest BCUT2D eigenvalue weighted by Gasteiger charge is -2.59. The van der Waals surface area contributed by atoms with Gasteiger partial charge in [-0.2, -0.15) is 0 Å². The van der Waals surface area contributed by atoms with Crippen LogP contribution in [0.15, 0.2) is 23.2 Å². The van der Waals surface area contributed by atoms with Crippen molar-refractivity contribution in [3.8, 4) is 11.5 Å². The smallest absolute Gasteiger partial charge is 0.191 e. The summed E-state index contributed by atoms with van der Waals surface area (Å²) in [5, 5.41) is 6.89. The zero-order chi connectivity index (χ0) is 19.4. The summed E-state index contributed by atoms with van der Waals surface area (Å²) in [5.74, 6) is 2.26. The monoisotopic (exact) mass is 363 g/mol. The number of rotatable bonds is 7. The highest BCUT2D eigenvalue weighted by Gasteiger charge is 2.58. The Morgan fingerprint density at radius 3 is 2.38 bits per heavy atom. The summed E-state index contributed by atoms with van der Waals surface area (Å²) in [6, 6.07) is 6.18. The molecule has 0 aliphatic heterocycles. The molecule has 1 saturated carbocycles. The molecule has 2 unspecified atom stereocenters. The molecule has 0 heterocycles. The van der Waals surface area contributed by atoms with Gasteiger partial charge in [0.1, 0.15) is 0 Å². The number of nitrogens with one attached hydrogen (secondary N) is 2. The van der Waals surface area contributed by atoms with Gasteiger partial charge in [-0.15, -0.1) is 0 Å². The maximum absolute atomic E-state index is 5.71. The molecular formula is C20H33N3O3. The van der Waals surface area contributed by atoms with Crippen LogP contribution in [0.5, 0.6) is 11.5 Å². The first-order valence-electron chi connectivity index (χ1n) is 9.12. The summed E-state index contributed by atoms with van der Waals surface area (Å²) in [7, 11) is 5.06. The van der Waals surface area contributed by atoms with E-state index in [1.807, 2.05) is 18.2 Å². The van der Waals surface area contributed by atoms with Gasteiger partial charge < -0.3 is 24.8 Å². The second kappa shape index (κ2) is 8.16. The van der Waals surface area contributed by atoms with Crippen LogP contribution >= 0.6 is 0 Å². The third kappa shape index (κ3) is 3.90. The van der Waals surface area contributed by atoms with E-state index in [9.17, 15) is 0 Å². The maximum Gasteiger partial charge on any atom is 0.191 e. The molecule has 0 aromatic heterocycles. The van der Waals surface area contributed by atoms with Crippen molar-refractivity contribution in [3.05, 3.63) is 23.8 Å². The Morgan fingerprint density at radius 2 is 1.85 bits per heavy atom. The van der Waals surface area contributed by atoms with Crippen molar-refractivity contribution in [2.24, 2.45) is 10.4 Å². The fourth-order valence-corrected chi connectivity index (χ4v) is 3.36. The number of benzene rings is 1. The molecule has 0 spiro atoms. The topological polar surface area (TPSA) is 64.1 Å². The van der Waals surface area contributed by atoms with Crippen molar-refractivity contribution in [1.29, 1.82) is 0 Å². The van der Waals surface area contributed by atoms with Crippen LogP contribution in [0.4, 0.5) is 0 Å². The minimum atomic E-state index is -0.106. The minimum Gasteiger partial charge on any atom is -0.493 e. The SMILES string of the molecule is CCNC(=NCc1ccc(OC)c(OC)c1)NC1CC(C)(OC)C1(C)C. The average molecular weight is 364 g/mol. The second-order valence-corrected chi connectivity index (χ2v) is 7.44. The Bertz CT molecular complexity index is 645. The molecule has 1 aliphatic carbocycles. The van der Waals surface area contributed by atoms with E-state index in [-0.39, 0.29) is 11.0 Å². The van der Waals surface area contributed by atoms with Crippen molar-refractivity contribution in [2.45, 2.75) is 52.3 Å². The lowest BCUT2D eigenvalue weighted by atomic mass is 9.56. The van der Waals surface area contributed by atoms with Gasteiger partial charge in [-0.25, -0.2) is 4.99 Å². The molecule has 0 saturated heterocycles. The fraction of sp³-hybridized carbons (Fsp3) is 0.650. The van der Waals surface area contributed by atoms with Crippen LogP contribution in [0, 0.1) is 5.41 Å². The lowest BCUT2D eigenvalue weighted by molar-refractivity contribution is -0.176. The van der Waals surface area contributed by atoms with Crippen molar-refractivity contribution < 1.29 is 14.2 Å². The third-order valence-electron chi connectivity index (χ3n) is 5.80. The Morgan fingerprint density at radius 1 is 1.15 bits per heavy atom. The first-order valence-corrected chi connectivity index (χ1v) is 9.12. The van der Waals surface area contributed by atoms with Crippen molar-refractivity contribution in [1.82, 2.24) is 10.6 Å². The Hall–Kier alpha value is -1.95. The number of ether oxygens (including phenoxy) is 3. The molecule has 1 aromatic rings. The lowest BCUT2D eigenvalue weighted by Crippen LogP contribution is -2.69. The van der Waals surface area contributed by atoms with Crippen LogP contribution in [0.1, 0.15) is 39.7 Å². The zero-order valence-electron chi connectivity index (χ0n) is 17.1. The molecule has 0 amide bonds. The van der Waals surface area contributed by atoms with Gasteiger partial charge in [-0.05, 0) is 38.0 Å². The molecule has 6 heteroatoms. The van der Waals surface area contributed by atoms with Crippen molar-refractivity contribution in [3.63, 3.8) is 0 Å². The maximum atomic E-state index is 5.71. The molecular weight excluding hydrogens is 330 g/mol. The molecule has 2 N–H and O–H groups in total. The van der Waals surface area contributed by atoms with E-state index in [0.29, 0.717) is 18.3 Å². The van der Waals surface area contributed by atoms with Crippen LogP contribution < -0.4 is 20.1 Å². The Kier molecular flexibility index (Phi) is 6.39. The molecule has 0 bridgehead atoms. The van der Waals surface area contributed by atoms with Crippen LogP contribution in [0.2, 0.25) is 0 Å². The average Bonchev–Trinajstić information content (AvgIpc) is 2.65. The standard InChI is InChI=1S/C20H33N3O3/c1-8-21-18(23-17-12-20(4,26-7)19(17,2)3)22-13-14-9-10-15(24-5)16(11-14)25-6/h9-11,17H,8,12-13H2,1-7H3,(H2,21,22,23). The predicted molar refractivity (Wildman–Crippen MR) is 105 cm³/mol. The van der Waals surface area contributed by atoms with E-state index < -0.39 is 0 Å². The van der Waals surface area contributed by atoms with Gasteiger partial charge in [-0.1, -0.05) is 19.9 Å². The Labute approximate surface area is 157 Å². The molecule has 1 aliphatic rings. The van der Waals surface area contributed by atoms with Gasteiger partial charge in [-0.3, -0.25) is 0 Å². The summed E-state index contributed by atoms with van der Waals surface area (Å²) in [6.45, 7) is 10.1. The second-order valence-electron chi connectivity index (χ2n) is 7.44. The number of guanidine groups is 1. The van der Waals surface area contributed by atoms with Crippen LogP contribution in [-0.4, -0.2) is 45.5 Å². The van der Waals surface area contributed by atoms with E-state index in [1.54, 1.807) is 21.3 Å². The van der Waals surface area contributed by atoms with E-state index >= 15 is 0 Å². The molecule has 1 aromatic carbocycles. The molecule has 146 valence electrons. The first kappa shape index (κ1) is 20.4. The van der Waals surface area contributed by atoms with E-state index in [1.165, 1.54) is 0 Å². The van der Waals surface area contributed by atoms with Crippen molar-refractivity contribution in [2.75, 3.05) is 27.9 Å². The van der Waals surface area contributed by atoms with Gasteiger partial charge in [0.2, 0.25) is 0 Å². The van der Waals surface area contributed by atoms with E-state index in [4.69, 9.17) is 19.2 Å². The van der Waals surface area contributed by atoms with Crippen LogP contribution in [0.25, 0.3) is 0 Å². The first-order chi connectivity index (χ1) is 12.3. The zero-order valence-corrected chi connectivity index (χ0v) is 17.1. The summed E-state index contributed by atoms with van der Waals surface area (Å²) in [6.07, 6.45) is 0.956. The highest BCUT2D eigenvalue weighted by Crippen LogP contribution is 2.51. The molecule has 2 rings (SSSR count). The van der Waals surface area contributed by atoms with E-state index in [2.05, 4.69) is 38.3 Å². The summed E-state index contributed by atoms with van der Waals surface area (Å²) < 4.78 is 16.4. The predicted octanol–water partition coefficient (Wildman–Crippen LogP) is 2.96. The normalized spacial score (nSPS) is 24.6. The van der Waals surface area contributed by atoms with Gasteiger partial charge in [0, 0.05) is 25.1 Å². The fourth-order valence-electron chi connectivity index (χ4n) is 3.36. The highest BCUT2D eigenvalue weighted by atomic mass is 16.5. The van der Waals surface area contributed by atoms with Crippen LogP contribution in [0.3, 0.4) is 0 Å². The molecule has 0 radical (unpaired) electrons. The molecule has 6 nitrogen and oxygen atoms in total. The van der Waals surface area contributed by atoms with Gasteiger partial charge in [0.25, 0.3) is 0 Å². The minimum absolute atomic E-state index is 0.0290. The van der Waals surface area contributed by atoms with Crippen LogP contribution in [-0.2, 0) is 11.3 Å². The molecule has 1 fully saturated rings. The number of hydrogen-bond donors (Lipinski definition) is 2. The summed E-state index contributed by atoms with van der Waals surface area (Å²) in [4.78, 5) is 4.73. The number of methoxy groups -OCH3 is 3. The number of nitrogens with zero attached hydrogens (tertiary/aromatic N) is 1. The number of hydrogen-bond acceptors (Lipinski definition) is 4. The third-order valence-corrected chi connectivity index (χ3v) is 5.80. The molecule has 26 heavy (non-hydrogen) atoms. The Balaban J connectivity index is 2.08. The quantitative estimate of drug-likeness (QED) is 0.576.